The summed E-state index contributed by atoms with van der Waals surface area (Å²) in [7, 11) is 0. The van der Waals surface area contributed by atoms with Crippen molar-refractivity contribution in [2.45, 2.75) is 45.1 Å². The summed E-state index contributed by atoms with van der Waals surface area (Å²) in [6.07, 6.45) is 5.54. The Balaban J connectivity index is 2.02. The van der Waals surface area contributed by atoms with Crippen LogP contribution in [0.2, 0.25) is 0 Å². The van der Waals surface area contributed by atoms with Gasteiger partial charge in [-0.2, -0.15) is 0 Å². The minimum Gasteiger partial charge on any atom is -0.388 e. The second-order valence-electron chi connectivity index (χ2n) is 5.01. The molecule has 100 valence electrons. The summed E-state index contributed by atoms with van der Waals surface area (Å²) >= 11 is 0. The van der Waals surface area contributed by atoms with Crippen molar-refractivity contribution in [3.05, 3.63) is 11.9 Å². The monoisotopic (exact) mass is 250 g/mol. The number of anilines is 2. The minimum atomic E-state index is -0.560. The molecule has 1 aromatic rings. The van der Waals surface area contributed by atoms with Crippen LogP contribution in [0.1, 0.15) is 38.2 Å². The quantitative estimate of drug-likeness (QED) is 0.745. The van der Waals surface area contributed by atoms with Gasteiger partial charge in [0, 0.05) is 18.7 Å². The van der Waals surface area contributed by atoms with E-state index in [4.69, 9.17) is 0 Å². The maximum absolute atomic E-state index is 10.3. The normalized spacial score (nSPS) is 17.7. The molecule has 18 heavy (non-hydrogen) atoms. The molecule has 0 aliphatic heterocycles. The van der Waals surface area contributed by atoms with Gasteiger partial charge < -0.3 is 15.7 Å². The molecule has 1 saturated carbocycles. The van der Waals surface area contributed by atoms with E-state index in [1.54, 1.807) is 6.33 Å². The number of hydrogen-bond acceptors (Lipinski definition) is 5. The fourth-order valence-electron chi connectivity index (χ4n) is 2.43. The van der Waals surface area contributed by atoms with Crippen LogP contribution in [0.25, 0.3) is 0 Å². The predicted molar refractivity (Wildman–Crippen MR) is 72.8 cm³/mol. The summed E-state index contributed by atoms with van der Waals surface area (Å²) in [4.78, 5) is 8.44. The van der Waals surface area contributed by atoms with E-state index in [2.05, 4.69) is 20.6 Å². The molecule has 5 nitrogen and oxygen atoms in total. The Labute approximate surface area is 108 Å². The van der Waals surface area contributed by atoms with Crippen molar-refractivity contribution < 1.29 is 5.11 Å². The second kappa shape index (κ2) is 5.52. The van der Waals surface area contributed by atoms with E-state index in [0.717, 1.165) is 49.4 Å². The molecule has 1 fully saturated rings. The van der Waals surface area contributed by atoms with Crippen LogP contribution in [0.5, 0.6) is 0 Å². The molecule has 0 unspecified atom stereocenters. The Morgan fingerprint density at radius 2 is 1.83 bits per heavy atom. The van der Waals surface area contributed by atoms with Gasteiger partial charge in [-0.3, -0.25) is 0 Å². The molecule has 0 amide bonds. The second-order valence-corrected chi connectivity index (χ2v) is 5.01. The van der Waals surface area contributed by atoms with Gasteiger partial charge in [0.15, 0.2) is 0 Å². The van der Waals surface area contributed by atoms with E-state index < -0.39 is 5.60 Å². The molecule has 3 N–H and O–H groups in total. The van der Waals surface area contributed by atoms with Gasteiger partial charge in [-0.25, -0.2) is 9.97 Å². The molecule has 0 aromatic carbocycles. The average Bonchev–Trinajstić information content (AvgIpc) is 2.78. The largest absolute Gasteiger partial charge is 0.388 e. The Morgan fingerprint density at radius 1 is 1.22 bits per heavy atom. The first-order chi connectivity index (χ1) is 8.64. The van der Waals surface area contributed by atoms with Crippen LogP contribution in [0.3, 0.4) is 0 Å². The summed E-state index contributed by atoms with van der Waals surface area (Å²) < 4.78 is 0. The molecule has 0 atom stereocenters. The molecule has 1 heterocycles. The third kappa shape index (κ3) is 2.90. The van der Waals surface area contributed by atoms with Crippen LogP contribution in [0.15, 0.2) is 6.33 Å². The molecule has 0 bridgehead atoms. The van der Waals surface area contributed by atoms with Crippen molar-refractivity contribution in [2.24, 2.45) is 0 Å². The van der Waals surface area contributed by atoms with Crippen molar-refractivity contribution in [2.75, 3.05) is 23.7 Å². The highest BCUT2D eigenvalue weighted by Crippen LogP contribution is 2.30. The summed E-state index contributed by atoms with van der Waals surface area (Å²) in [5, 5.41) is 16.7. The van der Waals surface area contributed by atoms with Gasteiger partial charge in [0.2, 0.25) is 0 Å². The molecule has 0 saturated heterocycles. The van der Waals surface area contributed by atoms with Crippen LogP contribution < -0.4 is 10.6 Å². The maximum Gasteiger partial charge on any atom is 0.134 e. The molecule has 2 rings (SSSR count). The van der Waals surface area contributed by atoms with Crippen LogP contribution in [-0.4, -0.2) is 33.8 Å². The smallest absolute Gasteiger partial charge is 0.134 e. The summed E-state index contributed by atoms with van der Waals surface area (Å²) in [6, 6.07) is 0. The van der Waals surface area contributed by atoms with Gasteiger partial charge in [0.05, 0.1) is 5.60 Å². The van der Waals surface area contributed by atoms with E-state index in [1.807, 2.05) is 13.8 Å². The number of aromatic nitrogens is 2. The highest BCUT2D eigenvalue weighted by Gasteiger charge is 2.30. The Morgan fingerprint density at radius 3 is 2.44 bits per heavy atom. The fourth-order valence-corrected chi connectivity index (χ4v) is 2.43. The summed E-state index contributed by atoms with van der Waals surface area (Å²) in [5.41, 5.74) is 0.441. The van der Waals surface area contributed by atoms with E-state index in [1.165, 1.54) is 0 Å². The van der Waals surface area contributed by atoms with E-state index in [9.17, 15) is 5.11 Å². The van der Waals surface area contributed by atoms with Crippen molar-refractivity contribution in [1.29, 1.82) is 0 Å². The minimum absolute atomic E-state index is 0.560. The van der Waals surface area contributed by atoms with Crippen molar-refractivity contribution in [3.63, 3.8) is 0 Å². The predicted octanol–water partition coefficient (Wildman–Crippen LogP) is 1.93. The number of nitrogens with zero attached hydrogens (tertiary/aromatic N) is 2. The van der Waals surface area contributed by atoms with Crippen LogP contribution in [0.4, 0.5) is 11.6 Å². The summed E-state index contributed by atoms with van der Waals surface area (Å²) in [6.45, 7) is 5.42. The first-order valence-corrected chi connectivity index (χ1v) is 6.66. The van der Waals surface area contributed by atoms with Crippen molar-refractivity contribution >= 4 is 11.6 Å². The average molecular weight is 250 g/mol. The van der Waals surface area contributed by atoms with Crippen molar-refractivity contribution in [3.8, 4) is 0 Å². The van der Waals surface area contributed by atoms with Crippen LogP contribution >= 0.6 is 0 Å². The molecule has 1 aromatic heterocycles. The zero-order valence-electron chi connectivity index (χ0n) is 11.2. The van der Waals surface area contributed by atoms with Gasteiger partial charge in [-0.1, -0.05) is 12.8 Å². The molecule has 0 radical (unpaired) electrons. The third-order valence-corrected chi connectivity index (χ3v) is 3.55. The molecule has 1 aliphatic rings. The number of rotatable bonds is 5. The van der Waals surface area contributed by atoms with E-state index in [0.29, 0.717) is 6.54 Å². The number of aliphatic hydroxyl groups is 1. The first-order valence-electron chi connectivity index (χ1n) is 6.66. The molecular formula is C13H22N4O. The van der Waals surface area contributed by atoms with Gasteiger partial charge in [0.1, 0.15) is 18.0 Å². The van der Waals surface area contributed by atoms with Gasteiger partial charge in [-0.15, -0.1) is 0 Å². The lowest BCUT2D eigenvalue weighted by Crippen LogP contribution is -2.33. The standard InChI is InChI=1S/C13H22N4O/c1-3-14-11-10(2)12(17-9-16-11)15-8-13(18)6-4-5-7-13/h9,18H,3-8H2,1-2H3,(H2,14,15,16,17). The van der Waals surface area contributed by atoms with Crippen molar-refractivity contribution in [1.82, 2.24) is 9.97 Å². The number of nitrogens with one attached hydrogen (secondary N) is 2. The summed E-state index contributed by atoms with van der Waals surface area (Å²) in [5.74, 6) is 1.66. The van der Waals surface area contributed by atoms with E-state index >= 15 is 0 Å². The molecular weight excluding hydrogens is 228 g/mol. The van der Waals surface area contributed by atoms with E-state index in [-0.39, 0.29) is 0 Å². The SMILES string of the molecule is CCNc1ncnc(NCC2(O)CCCC2)c1C. The fraction of sp³-hybridized carbons (Fsp3) is 0.692. The first kappa shape index (κ1) is 13.1. The lowest BCUT2D eigenvalue weighted by Gasteiger charge is -2.23. The Bertz CT molecular complexity index is 402. The van der Waals surface area contributed by atoms with Gasteiger partial charge in [0.25, 0.3) is 0 Å². The Kier molecular flexibility index (Phi) is 4.01. The van der Waals surface area contributed by atoms with Crippen LogP contribution in [-0.2, 0) is 0 Å². The Hall–Kier alpha value is -1.36. The lowest BCUT2D eigenvalue weighted by molar-refractivity contribution is 0.0614. The van der Waals surface area contributed by atoms with Gasteiger partial charge in [-0.05, 0) is 26.7 Å². The molecule has 0 spiro atoms. The lowest BCUT2D eigenvalue weighted by atomic mass is 10.0. The maximum atomic E-state index is 10.3. The topological polar surface area (TPSA) is 70.1 Å². The molecule has 5 heteroatoms. The zero-order chi connectivity index (χ0) is 13.0. The van der Waals surface area contributed by atoms with Gasteiger partial charge >= 0.3 is 0 Å². The van der Waals surface area contributed by atoms with Crippen LogP contribution in [0, 0.1) is 6.92 Å². The highest BCUT2D eigenvalue weighted by atomic mass is 16.3. The third-order valence-electron chi connectivity index (χ3n) is 3.55. The number of hydrogen-bond donors (Lipinski definition) is 3. The zero-order valence-corrected chi connectivity index (χ0v) is 11.2. The highest BCUT2D eigenvalue weighted by molar-refractivity contribution is 5.56. The molecule has 1 aliphatic carbocycles.